The van der Waals surface area contributed by atoms with Gasteiger partial charge >= 0.3 is 0 Å². The first kappa shape index (κ1) is 16.2. The number of aryl methyl sites for hydroxylation is 1. The Kier molecular flexibility index (Phi) is 4.12. The van der Waals surface area contributed by atoms with Crippen LogP contribution in [0.3, 0.4) is 0 Å². The van der Waals surface area contributed by atoms with E-state index in [2.05, 4.69) is 0 Å². The number of nitro benzene ring substituents is 1. The fourth-order valence-corrected chi connectivity index (χ4v) is 2.99. The molecular formula is C15H13NO7S. The molecule has 1 aliphatic heterocycles. The van der Waals surface area contributed by atoms with E-state index in [1.54, 1.807) is 12.1 Å². The van der Waals surface area contributed by atoms with Crippen LogP contribution in [0, 0.1) is 17.0 Å². The number of nitrogens with zero attached hydrogens (tertiary/aromatic N) is 1. The quantitative estimate of drug-likeness (QED) is 0.463. The summed E-state index contributed by atoms with van der Waals surface area (Å²) < 4.78 is 39.8. The van der Waals surface area contributed by atoms with Gasteiger partial charge in [0.2, 0.25) is 0 Å². The monoisotopic (exact) mass is 351 g/mol. The highest BCUT2D eigenvalue weighted by molar-refractivity contribution is 7.86. The summed E-state index contributed by atoms with van der Waals surface area (Å²) in [5.74, 6) is 0.465. The van der Waals surface area contributed by atoms with Crippen LogP contribution < -0.4 is 9.47 Å². The summed E-state index contributed by atoms with van der Waals surface area (Å²) in [6.07, 6.45) is -0.998. The summed E-state index contributed by atoms with van der Waals surface area (Å²) in [7, 11) is -3.94. The second-order valence-electron chi connectivity index (χ2n) is 5.11. The van der Waals surface area contributed by atoms with Crippen LogP contribution in [0.1, 0.15) is 5.56 Å². The number of rotatable bonds is 5. The van der Waals surface area contributed by atoms with Gasteiger partial charge in [-0.25, -0.2) is 0 Å². The molecule has 24 heavy (non-hydrogen) atoms. The average Bonchev–Trinajstić information content (AvgIpc) is 2.95. The molecule has 8 nitrogen and oxygen atoms in total. The van der Waals surface area contributed by atoms with Crippen molar-refractivity contribution in [2.75, 3.05) is 6.61 Å². The molecule has 126 valence electrons. The highest BCUT2D eigenvalue weighted by Crippen LogP contribution is 2.37. The van der Waals surface area contributed by atoms with Crippen LogP contribution in [0.5, 0.6) is 11.5 Å². The lowest BCUT2D eigenvalue weighted by Crippen LogP contribution is -2.26. The van der Waals surface area contributed by atoms with Crippen molar-refractivity contribution in [3.05, 3.63) is 58.1 Å². The minimum Gasteiger partial charge on any atom is -0.448 e. The van der Waals surface area contributed by atoms with Crippen molar-refractivity contribution in [2.24, 2.45) is 0 Å². The Bertz CT molecular complexity index is 877. The van der Waals surface area contributed by atoms with Crippen molar-refractivity contribution in [1.82, 2.24) is 0 Å². The number of ether oxygens (including phenoxy) is 2. The van der Waals surface area contributed by atoms with Crippen molar-refractivity contribution in [3.8, 4) is 11.5 Å². The summed E-state index contributed by atoms with van der Waals surface area (Å²) >= 11 is 0. The first-order chi connectivity index (χ1) is 11.3. The fraction of sp³-hybridized carbons (Fsp3) is 0.200. The Morgan fingerprint density at radius 2 is 1.79 bits per heavy atom. The maximum atomic E-state index is 12.1. The van der Waals surface area contributed by atoms with Crippen molar-refractivity contribution >= 4 is 15.8 Å². The molecule has 2 aromatic carbocycles. The third-order valence-corrected chi connectivity index (χ3v) is 4.62. The Morgan fingerprint density at radius 1 is 1.12 bits per heavy atom. The van der Waals surface area contributed by atoms with E-state index >= 15 is 0 Å². The lowest BCUT2D eigenvalue weighted by Gasteiger charge is -2.11. The average molecular weight is 351 g/mol. The van der Waals surface area contributed by atoms with Crippen LogP contribution in [-0.4, -0.2) is 26.2 Å². The Hall–Kier alpha value is -2.65. The summed E-state index contributed by atoms with van der Waals surface area (Å²) in [4.78, 5) is 10.2. The third-order valence-electron chi connectivity index (χ3n) is 3.32. The summed E-state index contributed by atoms with van der Waals surface area (Å²) in [6, 6.07) is 10.1. The van der Waals surface area contributed by atoms with Crippen LogP contribution in [0.25, 0.3) is 0 Å². The van der Waals surface area contributed by atoms with Gasteiger partial charge in [0.15, 0.2) is 11.5 Å². The number of nitro groups is 1. The second kappa shape index (κ2) is 6.10. The summed E-state index contributed by atoms with van der Waals surface area (Å²) in [6.45, 7) is 1.46. The van der Waals surface area contributed by atoms with Gasteiger partial charge in [0, 0.05) is 6.07 Å². The van der Waals surface area contributed by atoms with Gasteiger partial charge < -0.3 is 9.47 Å². The molecule has 0 spiro atoms. The zero-order valence-corrected chi connectivity index (χ0v) is 13.4. The molecule has 9 heteroatoms. The van der Waals surface area contributed by atoms with Crippen LogP contribution in [0.2, 0.25) is 0 Å². The molecule has 3 rings (SSSR count). The van der Waals surface area contributed by atoms with Gasteiger partial charge in [-0.05, 0) is 25.1 Å². The highest BCUT2D eigenvalue weighted by atomic mass is 32.2. The predicted octanol–water partition coefficient (Wildman–Crippen LogP) is 2.41. The van der Waals surface area contributed by atoms with E-state index in [1.807, 2.05) is 6.92 Å². The van der Waals surface area contributed by atoms with Gasteiger partial charge in [-0.1, -0.05) is 17.7 Å². The third kappa shape index (κ3) is 3.31. The number of non-ortho nitro benzene ring substituents is 1. The number of benzene rings is 2. The van der Waals surface area contributed by atoms with Gasteiger partial charge in [0.05, 0.1) is 15.9 Å². The van der Waals surface area contributed by atoms with E-state index in [9.17, 15) is 18.5 Å². The van der Waals surface area contributed by atoms with Crippen molar-refractivity contribution in [2.45, 2.75) is 18.1 Å². The SMILES string of the molecule is Cc1ccc(S(=O)(=O)OC[C@H]2Oc3ccc([N+](=O)[O-])cc3O2)cc1. The van der Waals surface area contributed by atoms with Crippen molar-refractivity contribution in [1.29, 1.82) is 0 Å². The van der Waals surface area contributed by atoms with E-state index in [0.29, 0.717) is 5.75 Å². The molecule has 1 atom stereocenters. The standard InChI is InChI=1S/C15H13NO7S/c1-10-2-5-12(6-3-10)24(19,20)21-9-15-22-13-7-4-11(16(17)18)8-14(13)23-15/h2-8,15H,9H2,1H3/t15-/m0/s1. The van der Waals surface area contributed by atoms with Gasteiger partial charge in [0.25, 0.3) is 22.1 Å². The van der Waals surface area contributed by atoms with E-state index in [0.717, 1.165) is 5.56 Å². The maximum Gasteiger partial charge on any atom is 0.297 e. The summed E-state index contributed by atoms with van der Waals surface area (Å²) in [5, 5.41) is 10.7. The van der Waals surface area contributed by atoms with Gasteiger partial charge in [-0.15, -0.1) is 0 Å². The van der Waals surface area contributed by atoms with Gasteiger partial charge in [0.1, 0.15) is 6.61 Å². The van der Waals surface area contributed by atoms with Crippen LogP contribution >= 0.6 is 0 Å². The molecule has 0 fully saturated rings. The van der Waals surface area contributed by atoms with Gasteiger partial charge in [-0.2, -0.15) is 8.42 Å². The molecule has 0 saturated carbocycles. The normalized spacial score (nSPS) is 16.1. The van der Waals surface area contributed by atoms with Crippen LogP contribution in [0.15, 0.2) is 47.4 Å². The van der Waals surface area contributed by atoms with Crippen molar-refractivity contribution < 1.29 is 27.0 Å². The van der Waals surface area contributed by atoms with Crippen molar-refractivity contribution in [3.63, 3.8) is 0 Å². The molecule has 0 amide bonds. The first-order valence-corrected chi connectivity index (χ1v) is 8.34. The lowest BCUT2D eigenvalue weighted by atomic mass is 10.2. The Balaban J connectivity index is 1.66. The predicted molar refractivity (Wildman–Crippen MR) is 82.5 cm³/mol. The van der Waals surface area contributed by atoms with Gasteiger partial charge in [-0.3, -0.25) is 14.3 Å². The molecule has 2 aromatic rings. The zero-order chi connectivity index (χ0) is 17.3. The first-order valence-electron chi connectivity index (χ1n) is 6.93. The van der Waals surface area contributed by atoms with E-state index < -0.39 is 21.3 Å². The number of hydrogen-bond acceptors (Lipinski definition) is 7. The molecule has 0 N–H and O–H groups in total. The highest BCUT2D eigenvalue weighted by Gasteiger charge is 2.28. The van der Waals surface area contributed by atoms with E-state index in [4.69, 9.17) is 13.7 Å². The molecule has 1 heterocycles. The molecule has 0 saturated heterocycles. The Morgan fingerprint density at radius 3 is 2.46 bits per heavy atom. The number of hydrogen-bond donors (Lipinski definition) is 0. The van der Waals surface area contributed by atoms with Crippen LogP contribution in [-0.2, 0) is 14.3 Å². The number of fused-ring (bicyclic) bond motifs is 1. The Labute approximate surface area is 137 Å². The minimum absolute atomic E-state index is 0.0271. The second-order valence-corrected chi connectivity index (χ2v) is 6.72. The molecule has 1 aliphatic rings. The molecule has 0 aromatic heterocycles. The molecular weight excluding hydrogens is 338 g/mol. The largest absolute Gasteiger partial charge is 0.448 e. The van der Waals surface area contributed by atoms with E-state index in [1.165, 1.54) is 30.3 Å². The molecule has 0 bridgehead atoms. The maximum absolute atomic E-state index is 12.1. The van der Waals surface area contributed by atoms with E-state index in [-0.39, 0.29) is 22.9 Å². The summed E-state index contributed by atoms with van der Waals surface area (Å²) in [5.41, 5.74) is 0.777. The molecule has 0 unspecified atom stereocenters. The zero-order valence-electron chi connectivity index (χ0n) is 12.5. The topological polar surface area (TPSA) is 105 Å². The van der Waals surface area contributed by atoms with Crippen LogP contribution in [0.4, 0.5) is 5.69 Å². The molecule has 0 radical (unpaired) electrons. The minimum atomic E-state index is -3.94. The smallest absolute Gasteiger partial charge is 0.297 e. The lowest BCUT2D eigenvalue weighted by molar-refractivity contribution is -0.384. The molecule has 0 aliphatic carbocycles. The fourth-order valence-electron chi connectivity index (χ4n) is 2.09.